The molecule has 1 heterocycles. The van der Waals surface area contributed by atoms with E-state index in [1.54, 1.807) is 0 Å². The lowest BCUT2D eigenvalue weighted by atomic mass is 10.1. The number of rotatable bonds is 10. The fraction of sp³-hybridized carbons (Fsp3) is 0.409. The molecule has 0 saturated heterocycles. The Morgan fingerprint density at radius 2 is 1.85 bits per heavy atom. The van der Waals surface area contributed by atoms with Gasteiger partial charge in [0.2, 0.25) is 0 Å². The molecule has 0 fully saturated rings. The Morgan fingerprint density at radius 1 is 1.12 bits per heavy atom. The first kappa shape index (κ1) is 20.5. The number of hydrogen-bond donors (Lipinski definition) is 1. The second-order valence-electron chi connectivity index (χ2n) is 6.57. The van der Waals surface area contributed by atoms with Crippen molar-refractivity contribution in [1.29, 1.82) is 0 Å². The fourth-order valence-electron chi connectivity index (χ4n) is 2.90. The van der Waals surface area contributed by atoms with Crippen molar-refractivity contribution in [2.75, 3.05) is 25.0 Å². The highest BCUT2D eigenvalue weighted by Gasteiger charge is 2.05. The lowest BCUT2D eigenvalue weighted by Gasteiger charge is -2.20. The SMILES string of the molecule is CCN(CC)CCC[C@@H](C)Nc1ccnc(C=Cc2ccc(Cl)cc2)c1. The van der Waals surface area contributed by atoms with E-state index in [4.69, 9.17) is 11.6 Å². The standard InChI is InChI=1S/C22H30ClN3/c1-4-26(5-2)16-6-7-18(3)25-22-14-15-24-21(17-22)13-10-19-8-11-20(23)12-9-19/h8-15,17-18H,4-7,16H2,1-3H3,(H,24,25)/t18-/m1/s1. The topological polar surface area (TPSA) is 28.2 Å². The molecule has 1 N–H and O–H groups in total. The van der Waals surface area contributed by atoms with Gasteiger partial charge < -0.3 is 10.2 Å². The van der Waals surface area contributed by atoms with E-state index in [9.17, 15) is 0 Å². The number of hydrogen-bond acceptors (Lipinski definition) is 3. The van der Waals surface area contributed by atoms with Gasteiger partial charge in [0.05, 0.1) is 5.69 Å². The molecule has 1 aromatic carbocycles. The average molecular weight is 372 g/mol. The van der Waals surface area contributed by atoms with Gasteiger partial charge in [-0.15, -0.1) is 0 Å². The number of benzene rings is 1. The molecule has 0 radical (unpaired) electrons. The fourth-order valence-corrected chi connectivity index (χ4v) is 3.03. The highest BCUT2D eigenvalue weighted by atomic mass is 35.5. The van der Waals surface area contributed by atoms with Crippen LogP contribution in [0.5, 0.6) is 0 Å². The van der Waals surface area contributed by atoms with Crippen molar-refractivity contribution in [3.05, 3.63) is 58.9 Å². The predicted molar refractivity (Wildman–Crippen MR) is 115 cm³/mol. The molecule has 0 bridgehead atoms. The van der Waals surface area contributed by atoms with Crippen LogP contribution in [-0.2, 0) is 0 Å². The molecule has 0 spiro atoms. The van der Waals surface area contributed by atoms with Gasteiger partial charge >= 0.3 is 0 Å². The van der Waals surface area contributed by atoms with Crippen molar-refractivity contribution in [3.63, 3.8) is 0 Å². The van der Waals surface area contributed by atoms with Crippen LogP contribution in [0.25, 0.3) is 12.2 Å². The van der Waals surface area contributed by atoms with Gasteiger partial charge in [0.1, 0.15) is 0 Å². The van der Waals surface area contributed by atoms with Crippen LogP contribution in [0.15, 0.2) is 42.6 Å². The number of aromatic nitrogens is 1. The summed E-state index contributed by atoms with van der Waals surface area (Å²) in [4.78, 5) is 6.90. The van der Waals surface area contributed by atoms with E-state index < -0.39 is 0 Å². The Bertz CT molecular complexity index is 678. The number of nitrogens with zero attached hydrogens (tertiary/aromatic N) is 2. The smallest absolute Gasteiger partial charge is 0.0650 e. The third kappa shape index (κ3) is 7.19. The molecule has 1 atom stereocenters. The quantitative estimate of drug-likeness (QED) is 0.569. The van der Waals surface area contributed by atoms with E-state index in [1.807, 2.05) is 42.6 Å². The van der Waals surface area contributed by atoms with Crippen LogP contribution in [0.1, 0.15) is 44.9 Å². The van der Waals surface area contributed by atoms with E-state index in [1.165, 1.54) is 13.0 Å². The van der Waals surface area contributed by atoms with Gasteiger partial charge in [0.15, 0.2) is 0 Å². The van der Waals surface area contributed by atoms with Crippen molar-refractivity contribution in [1.82, 2.24) is 9.88 Å². The first-order chi connectivity index (χ1) is 12.6. The summed E-state index contributed by atoms with van der Waals surface area (Å²) >= 11 is 5.92. The van der Waals surface area contributed by atoms with Gasteiger partial charge in [-0.05, 0) is 75.3 Å². The third-order valence-electron chi connectivity index (χ3n) is 4.52. The van der Waals surface area contributed by atoms with Crippen molar-refractivity contribution in [3.8, 4) is 0 Å². The summed E-state index contributed by atoms with van der Waals surface area (Å²) in [5, 5.41) is 4.34. The molecule has 4 heteroatoms. The zero-order chi connectivity index (χ0) is 18.8. The molecule has 0 aliphatic carbocycles. The van der Waals surface area contributed by atoms with Crippen LogP contribution in [-0.4, -0.2) is 35.6 Å². The largest absolute Gasteiger partial charge is 0.382 e. The number of halogens is 1. The molecule has 140 valence electrons. The molecule has 1 aromatic heterocycles. The van der Waals surface area contributed by atoms with Crippen LogP contribution in [0.2, 0.25) is 5.02 Å². The molecular weight excluding hydrogens is 342 g/mol. The van der Waals surface area contributed by atoms with E-state index >= 15 is 0 Å². The molecule has 0 unspecified atom stereocenters. The summed E-state index contributed by atoms with van der Waals surface area (Å²) in [7, 11) is 0. The van der Waals surface area contributed by atoms with Crippen molar-refractivity contribution < 1.29 is 0 Å². The highest BCUT2D eigenvalue weighted by Crippen LogP contribution is 2.15. The molecular formula is C22H30ClN3. The first-order valence-corrected chi connectivity index (χ1v) is 9.87. The van der Waals surface area contributed by atoms with Gasteiger partial charge in [-0.2, -0.15) is 0 Å². The molecule has 3 nitrogen and oxygen atoms in total. The lowest BCUT2D eigenvalue weighted by molar-refractivity contribution is 0.295. The van der Waals surface area contributed by atoms with Crippen LogP contribution in [0.3, 0.4) is 0 Å². The zero-order valence-corrected chi connectivity index (χ0v) is 16.8. The summed E-state index contributed by atoms with van der Waals surface area (Å²) in [5.74, 6) is 0. The Morgan fingerprint density at radius 3 is 2.54 bits per heavy atom. The number of anilines is 1. The minimum atomic E-state index is 0.445. The van der Waals surface area contributed by atoms with Crippen LogP contribution in [0, 0.1) is 0 Å². The molecule has 0 aliphatic heterocycles. The normalized spacial score (nSPS) is 12.7. The van der Waals surface area contributed by atoms with E-state index in [0.717, 1.165) is 41.5 Å². The van der Waals surface area contributed by atoms with E-state index in [0.29, 0.717) is 6.04 Å². The van der Waals surface area contributed by atoms with Crippen molar-refractivity contribution in [2.24, 2.45) is 0 Å². The molecule has 2 rings (SSSR count). The summed E-state index contributed by atoms with van der Waals surface area (Å²) < 4.78 is 0. The first-order valence-electron chi connectivity index (χ1n) is 9.49. The van der Waals surface area contributed by atoms with E-state index in [-0.39, 0.29) is 0 Å². The zero-order valence-electron chi connectivity index (χ0n) is 16.1. The summed E-state index contributed by atoms with van der Waals surface area (Å²) in [5.41, 5.74) is 3.17. The van der Waals surface area contributed by atoms with Gasteiger partial charge in [-0.1, -0.05) is 43.7 Å². The van der Waals surface area contributed by atoms with Gasteiger partial charge in [-0.3, -0.25) is 4.98 Å². The lowest BCUT2D eigenvalue weighted by Crippen LogP contribution is -2.25. The molecule has 26 heavy (non-hydrogen) atoms. The minimum Gasteiger partial charge on any atom is -0.382 e. The maximum atomic E-state index is 5.92. The summed E-state index contributed by atoms with van der Waals surface area (Å²) in [6.45, 7) is 10.1. The van der Waals surface area contributed by atoms with Crippen LogP contribution >= 0.6 is 11.6 Å². The molecule has 0 aliphatic rings. The van der Waals surface area contributed by atoms with Gasteiger partial charge in [-0.25, -0.2) is 0 Å². The van der Waals surface area contributed by atoms with Crippen molar-refractivity contribution >= 4 is 29.4 Å². The van der Waals surface area contributed by atoms with Gasteiger partial charge in [0.25, 0.3) is 0 Å². The minimum absolute atomic E-state index is 0.445. The van der Waals surface area contributed by atoms with Gasteiger partial charge in [0, 0.05) is 22.9 Å². The molecule has 2 aromatic rings. The highest BCUT2D eigenvalue weighted by molar-refractivity contribution is 6.30. The number of nitrogens with one attached hydrogen (secondary N) is 1. The second kappa shape index (κ2) is 11.0. The summed E-state index contributed by atoms with van der Waals surface area (Å²) in [6, 6.07) is 12.4. The maximum absolute atomic E-state index is 5.92. The van der Waals surface area contributed by atoms with Crippen LogP contribution in [0.4, 0.5) is 5.69 Å². The Labute approximate surface area is 163 Å². The molecule has 0 saturated carbocycles. The van der Waals surface area contributed by atoms with Crippen LogP contribution < -0.4 is 5.32 Å². The third-order valence-corrected chi connectivity index (χ3v) is 4.77. The second-order valence-corrected chi connectivity index (χ2v) is 7.01. The Hall–Kier alpha value is -1.84. The Kier molecular flexibility index (Phi) is 8.66. The summed E-state index contributed by atoms with van der Waals surface area (Å²) in [6.07, 6.45) is 8.31. The predicted octanol–water partition coefficient (Wildman–Crippen LogP) is 5.83. The monoisotopic (exact) mass is 371 g/mol. The molecule has 0 amide bonds. The maximum Gasteiger partial charge on any atom is 0.0650 e. The van der Waals surface area contributed by atoms with E-state index in [2.05, 4.69) is 48.1 Å². The van der Waals surface area contributed by atoms with Crippen molar-refractivity contribution in [2.45, 2.75) is 39.7 Å². The number of pyridine rings is 1. The Balaban J connectivity index is 1.86. The average Bonchev–Trinajstić information content (AvgIpc) is 2.65.